The number of aromatic nitrogens is 4. The molecular formula is C30H26F3N7O5. The van der Waals surface area contributed by atoms with Crippen LogP contribution in [0.25, 0.3) is 16.8 Å². The number of anilines is 2. The number of carbonyl (C=O) groups excluding carboxylic acids is 2. The van der Waals surface area contributed by atoms with Crippen molar-refractivity contribution >= 4 is 34.9 Å². The first-order valence-electron chi connectivity index (χ1n) is 14.1. The van der Waals surface area contributed by atoms with Gasteiger partial charge < -0.3 is 25.8 Å². The summed E-state index contributed by atoms with van der Waals surface area (Å²) < 4.78 is 47.0. The highest BCUT2D eigenvalue weighted by molar-refractivity contribution is 6.04. The molecule has 15 heteroatoms. The SMILES string of the molecule is C[C@H]1CO[C@@H](c2nc(-c3ccc(C(=O)Nc4cc(C(F)(F)F)ccn4)cc3)c3c(N)nccn23)CN1C(=O)C12CC1(C(=O)O)C2. The number of hydrogen-bond donors (Lipinski definition) is 3. The molecule has 0 radical (unpaired) electrons. The maximum absolute atomic E-state index is 13.5. The van der Waals surface area contributed by atoms with Crippen molar-refractivity contribution in [2.24, 2.45) is 10.8 Å². The van der Waals surface area contributed by atoms with Crippen molar-refractivity contribution in [2.75, 3.05) is 24.2 Å². The summed E-state index contributed by atoms with van der Waals surface area (Å²) in [5.41, 5.74) is 5.24. The first-order chi connectivity index (χ1) is 21.3. The molecule has 1 aromatic carbocycles. The molecule has 0 bridgehead atoms. The van der Waals surface area contributed by atoms with E-state index in [1.165, 1.54) is 18.3 Å². The van der Waals surface area contributed by atoms with Crippen LogP contribution in [0.2, 0.25) is 0 Å². The van der Waals surface area contributed by atoms with Gasteiger partial charge in [0, 0.05) is 29.7 Å². The monoisotopic (exact) mass is 621 g/mol. The van der Waals surface area contributed by atoms with Crippen LogP contribution in [0.15, 0.2) is 55.0 Å². The number of amides is 2. The molecule has 45 heavy (non-hydrogen) atoms. The third-order valence-corrected chi connectivity index (χ3v) is 9.03. The minimum Gasteiger partial charge on any atom is -0.481 e. The van der Waals surface area contributed by atoms with Crippen molar-refractivity contribution in [3.05, 3.63) is 71.9 Å². The molecule has 2 saturated carbocycles. The van der Waals surface area contributed by atoms with Crippen LogP contribution in [0.4, 0.5) is 24.8 Å². The number of ether oxygens (including phenoxy) is 1. The van der Waals surface area contributed by atoms with Crippen molar-refractivity contribution in [3.63, 3.8) is 0 Å². The molecule has 1 aliphatic heterocycles. The highest BCUT2D eigenvalue weighted by Crippen LogP contribution is 2.86. The van der Waals surface area contributed by atoms with Crippen LogP contribution in [-0.4, -0.2) is 66.3 Å². The summed E-state index contributed by atoms with van der Waals surface area (Å²) >= 11 is 0. The molecule has 4 heterocycles. The Bertz CT molecular complexity index is 1890. The van der Waals surface area contributed by atoms with E-state index in [1.54, 1.807) is 27.6 Å². The molecule has 3 aromatic heterocycles. The Labute approximate surface area is 253 Å². The normalized spacial score (nSPS) is 25.5. The number of nitrogens with two attached hydrogens (primary N) is 1. The Kier molecular flexibility index (Phi) is 6.20. The summed E-state index contributed by atoms with van der Waals surface area (Å²) in [6.07, 6.45) is -0.374. The number of carboxylic acids is 1. The van der Waals surface area contributed by atoms with Crippen LogP contribution in [0.3, 0.4) is 0 Å². The van der Waals surface area contributed by atoms with Crippen molar-refractivity contribution in [3.8, 4) is 11.3 Å². The van der Waals surface area contributed by atoms with Crippen molar-refractivity contribution < 1.29 is 37.4 Å². The van der Waals surface area contributed by atoms with Gasteiger partial charge in [-0.05, 0) is 44.0 Å². The lowest BCUT2D eigenvalue weighted by atomic mass is 10.1. The second-order valence-corrected chi connectivity index (χ2v) is 11.8. The van der Waals surface area contributed by atoms with Gasteiger partial charge in [0.25, 0.3) is 5.91 Å². The fraction of sp³-hybridized carbons (Fsp3) is 0.333. The Hall–Kier alpha value is -5.05. The zero-order valence-electron chi connectivity index (χ0n) is 23.7. The van der Waals surface area contributed by atoms with E-state index in [9.17, 15) is 32.7 Å². The van der Waals surface area contributed by atoms with Gasteiger partial charge in [-0.15, -0.1) is 0 Å². The molecular weight excluding hydrogens is 595 g/mol. The second-order valence-electron chi connectivity index (χ2n) is 11.8. The number of carboxylic acid groups (broad SMARTS) is 1. The summed E-state index contributed by atoms with van der Waals surface area (Å²) in [4.78, 5) is 52.5. The zero-order valence-corrected chi connectivity index (χ0v) is 23.7. The molecule has 2 amide bonds. The van der Waals surface area contributed by atoms with Gasteiger partial charge >= 0.3 is 12.1 Å². The quantitative estimate of drug-likeness (QED) is 0.290. The highest BCUT2D eigenvalue weighted by Gasteiger charge is 2.92. The van der Waals surface area contributed by atoms with E-state index in [2.05, 4.69) is 15.3 Å². The fourth-order valence-electron chi connectivity index (χ4n) is 6.23. The lowest BCUT2D eigenvalue weighted by Gasteiger charge is -2.38. The number of nitrogen functional groups attached to an aromatic ring is 1. The predicted molar refractivity (Wildman–Crippen MR) is 152 cm³/mol. The van der Waals surface area contributed by atoms with E-state index in [0.29, 0.717) is 35.4 Å². The van der Waals surface area contributed by atoms with Crippen molar-refractivity contribution in [1.82, 2.24) is 24.3 Å². The summed E-state index contributed by atoms with van der Waals surface area (Å²) in [6, 6.07) is 7.54. The molecule has 4 aromatic rings. The number of pyridine rings is 1. The molecule has 232 valence electrons. The van der Waals surface area contributed by atoms with Crippen LogP contribution in [-0.2, 0) is 20.5 Å². The van der Waals surface area contributed by atoms with Crippen LogP contribution >= 0.6 is 0 Å². The van der Waals surface area contributed by atoms with E-state index in [-0.39, 0.29) is 42.3 Å². The minimum atomic E-state index is -4.58. The number of rotatable bonds is 6. The Morgan fingerprint density at radius 3 is 2.49 bits per heavy atom. The van der Waals surface area contributed by atoms with E-state index < -0.39 is 40.6 Å². The van der Waals surface area contributed by atoms with Gasteiger partial charge in [-0.25, -0.2) is 15.0 Å². The Morgan fingerprint density at radius 2 is 1.82 bits per heavy atom. The molecule has 0 spiro atoms. The number of carbonyl (C=O) groups is 3. The summed E-state index contributed by atoms with van der Waals surface area (Å²) in [7, 11) is 0. The maximum atomic E-state index is 13.5. The average Bonchev–Trinajstić information content (AvgIpc) is 3.82. The lowest BCUT2D eigenvalue weighted by Crippen LogP contribution is -2.50. The number of hydrogen-bond acceptors (Lipinski definition) is 8. The first kappa shape index (κ1) is 28.7. The van der Waals surface area contributed by atoms with Gasteiger partial charge in [-0.2, -0.15) is 13.2 Å². The van der Waals surface area contributed by atoms with E-state index >= 15 is 0 Å². The maximum Gasteiger partial charge on any atom is 0.416 e. The molecule has 3 fully saturated rings. The van der Waals surface area contributed by atoms with E-state index in [0.717, 1.165) is 18.3 Å². The number of alkyl halides is 3. The number of nitrogens with zero attached hydrogens (tertiary/aromatic N) is 5. The molecule has 12 nitrogen and oxygen atoms in total. The topological polar surface area (TPSA) is 165 Å². The van der Waals surface area contributed by atoms with Gasteiger partial charge in [0.05, 0.1) is 35.6 Å². The number of benzene rings is 1. The molecule has 1 saturated heterocycles. The van der Waals surface area contributed by atoms with Crippen molar-refractivity contribution in [2.45, 2.75) is 38.1 Å². The van der Waals surface area contributed by atoms with Crippen molar-refractivity contribution in [1.29, 1.82) is 0 Å². The number of imidazole rings is 1. The fourth-order valence-corrected chi connectivity index (χ4v) is 6.23. The average molecular weight is 622 g/mol. The van der Waals surface area contributed by atoms with Gasteiger partial charge in [-0.3, -0.25) is 18.8 Å². The van der Waals surface area contributed by atoms with Gasteiger partial charge in [0.15, 0.2) is 0 Å². The van der Waals surface area contributed by atoms with Crippen LogP contribution in [0, 0.1) is 10.8 Å². The molecule has 2 atom stereocenters. The third kappa shape index (κ3) is 4.48. The standard InChI is InChI=1S/C30H26F3N7O5/c1-15-12-45-19(11-40(15)26(42)28-13-29(28,14-28)27(43)44)24-38-21(22-23(34)36-8-9-39(22)24)16-2-4-17(5-3-16)25(41)37-20-10-18(6-7-35-20)30(31,32)33/h2-10,15,19H,11-14H2,1H3,(H2,34,36)(H,43,44)(H,35,37,41)/t15-,19+,28?,29?/m0/s1. The Morgan fingerprint density at radius 1 is 1.09 bits per heavy atom. The number of fused-ring (bicyclic) bond motifs is 2. The zero-order chi connectivity index (χ0) is 31.9. The molecule has 2 aliphatic carbocycles. The molecule has 7 rings (SSSR count). The number of halogens is 3. The Balaban J connectivity index is 1.15. The number of morpholine rings is 1. The molecule has 3 aliphatic rings. The van der Waals surface area contributed by atoms with Gasteiger partial charge in [-0.1, -0.05) is 12.1 Å². The summed E-state index contributed by atoms with van der Waals surface area (Å²) in [5.74, 6) is -1.37. The van der Waals surface area contributed by atoms with Gasteiger partial charge in [0.2, 0.25) is 5.91 Å². The van der Waals surface area contributed by atoms with E-state index in [1.807, 2.05) is 6.92 Å². The van der Waals surface area contributed by atoms with E-state index in [4.69, 9.17) is 15.5 Å². The lowest BCUT2D eigenvalue weighted by molar-refractivity contribution is -0.149. The predicted octanol–water partition coefficient (Wildman–Crippen LogP) is 3.80. The smallest absolute Gasteiger partial charge is 0.416 e. The first-order valence-corrected chi connectivity index (χ1v) is 14.1. The highest BCUT2D eigenvalue weighted by atomic mass is 19.4. The molecule has 0 unspecified atom stereocenters. The van der Waals surface area contributed by atoms with Crippen LogP contribution in [0.5, 0.6) is 0 Å². The van der Waals surface area contributed by atoms with Gasteiger partial charge in [0.1, 0.15) is 34.8 Å². The summed E-state index contributed by atoms with van der Waals surface area (Å²) in [6.45, 7) is 2.25. The molecule has 4 N–H and O–H groups in total. The van der Waals surface area contributed by atoms with Crippen LogP contribution < -0.4 is 11.1 Å². The number of nitrogens with one attached hydrogen (secondary N) is 1. The second kappa shape index (κ2) is 9.72. The minimum absolute atomic E-state index is 0.168. The third-order valence-electron chi connectivity index (χ3n) is 9.03. The summed E-state index contributed by atoms with van der Waals surface area (Å²) in [5, 5.41) is 12.0. The number of aliphatic carboxylic acids is 1. The van der Waals surface area contributed by atoms with Crippen LogP contribution in [0.1, 0.15) is 47.6 Å². The largest absolute Gasteiger partial charge is 0.481 e.